The first-order valence-electron chi connectivity index (χ1n) is 8.77. The standard InChI is InChI=1S/C20H23N3O4S/c1-20(2,3)19-21-18(27-22-19)14-23(15-10-12-16(26-4)13-11-15)28(24,25)17-8-6-5-7-9-17/h5-13H,14H2,1-4H3. The van der Waals surface area contributed by atoms with Crippen LogP contribution in [0.5, 0.6) is 5.75 Å². The maximum Gasteiger partial charge on any atom is 0.264 e. The highest BCUT2D eigenvalue weighted by Crippen LogP contribution is 2.28. The molecule has 0 aliphatic heterocycles. The molecular formula is C20H23N3O4S. The van der Waals surface area contributed by atoms with Crippen LogP contribution in [0.15, 0.2) is 64.0 Å². The first-order chi connectivity index (χ1) is 13.2. The van der Waals surface area contributed by atoms with E-state index in [9.17, 15) is 8.42 Å². The number of rotatable bonds is 6. The first kappa shape index (κ1) is 19.9. The van der Waals surface area contributed by atoms with Crippen LogP contribution in [0.2, 0.25) is 0 Å². The molecule has 28 heavy (non-hydrogen) atoms. The summed E-state index contributed by atoms with van der Waals surface area (Å²) in [5.41, 5.74) is 0.172. The molecule has 0 fully saturated rings. The van der Waals surface area contributed by atoms with Crippen molar-refractivity contribution in [2.45, 2.75) is 37.6 Å². The molecule has 3 aromatic rings. The number of anilines is 1. The van der Waals surface area contributed by atoms with Crippen LogP contribution in [0.25, 0.3) is 0 Å². The molecule has 0 aliphatic rings. The minimum absolute atomic E-state index is 0.0767. The van der Waals surface area contributed by atoms with Gasteiger partial charge < -0.3 is 9.26 Å². The van der Waals surface area contributed by atoms with Crippen LogP contribution in [0, 0.1) is 0 Å². The molecule has 0 unspecified atom stereocenters. The summed E-state index contributed by atoms with van der Waals surface area (Å²) in [6, 6.07) is 15.0. The molecule has 0 atom stereocenters. The Hall–Kier alpha value is -2.87. The molecule has 0 amide bonds. The van der Waals surface area contributed by atoms with E-state index in [2.05, 4.69) is 10.1 Å². The molecule has 3 rings (SSSR count). The number of aromatic nitrogens is 2. The summed E-state index contributed by atoms with van der Waals surface area (Å²) in [4.78, 5) is 4.56. The summed E-state index contributed by atoms with van der Waals surface area (Å²) >= 11 is 0. The van der Waals surface area contributed by atoms with E-state index in [0.717, 1.165) is 0 Å². The van der Waals surface area contributed by atoms with Crippen molar-refractivity contribution in [2.75, 3.05) is 11.4 Å². The maximum absolute atomic E-state index is 13.3. The average Bonchev–Trinajstić information content (AvgIpc) is 3.16. The normalized spacial score (nSPS) is 12.0. The lowest BCUT2D eigenvalue weighted by Gasteiger charge is -2.23. The lowest BCUT2D eigenvalue weighted by molar-refractivity contribution is 0.364. The van der Waals surface area contributed by atoms with Crippen molar-refractivity contribution in [3.05, 3.63) is 66.3 Å². The number of benzene rings is 2. The van der Waals surface area contributed by atoms with Crippen LogP contribution in [0.3, 0.4) is 0 Å². The Bertz CT molecular complexity index is 1020. The van der Waals surface area contributed by atoms with Gasteiger partial charge in [0.15, 0.2) is 5.82 Å². The van der Waals surface area contributed by atoms with Gasteiger partial charge >= 0.3 is 0 Å². The van der Waals surface area contributed by atoms with E-state index in [0.29, 0.717) is 17.3 Å². The Morgan fingerprint density at radius 2 is 1.68 bits per heavy atom. The lowest BCUT2D eigenvalue weighted by Crippen LogP contribution is -2.30. The van der Waals surface area contributed by atoms with Gasteiger partial charge in [0.05, 0.1) is 17.7 Å². The second kappa shape index (κ2) is 7.63. The van der Waals surface area contributed by atoms with Gasteiger partial charge in [0, 0.05) is 5.41 Å². The SMILES string of the molecule is COc1ccc(N(Cc2nc(C(C)(C)C)no2)S(=O)(=O)c2ccccc2)cc1. The summed E-state index contributed by atoms with van der Waals surface area (Å²) in [5, 5.41) is 3.99. The molecule has 2 aromatic carbocycles. The molecule has 7 nitrogen and oxygen atoms in total. The average molecular weight is 401 g/mol. The molecule has 0 spiro atoms. The van der Waals surface area contributed by atoms with Crippen molar-refractivity contribution in [3.63, 3.8) is 0 Å². The largest absolute Gasteiger partial charge is 0.497 e. The predicted octanol–water partition coefficient (Wildman–Crippen LogP) is 3.77. The number of hydrogen-bond acceptors (Lipinski definition) is 6. The van der Waals surface area contributed by atoms with Gasteiger partial charge in [0.2, 0.25) is 5.89 Å². The molecule has 0 saturated carbocycles. The van der Waals surface area contributed by atoms with Crippen LogP contribution in [-0.4, -0.2) is 25.7 Å². The Morgan fingerprint density at radius 3 is 2.21 bits per heavy atom. The summed E-state index contributed by atoms with van der Waals surface area (Å²) in [7, 11) is -2.28. The van der Waals surface area contributed by atoms with Crippen molar-refractivity contribution in [1.82, 2.24) is 10.1 Å². The Balaban J connectivity index is 2.02. The van der Waals surface area contributed by atoms with Gasteiger partial charge in [-0.3, -0.25) is 4.31 Å². The third kappa shape index (κ3) is 4.17. The minimum Gasteiger partial charge on any atom is -0.497 e. The monoisotopic (exact) mass is 401 g/mol. The van der Waals surface area contributed by atoms with E-state index in [1.165, 1.54) is 4.31 Å². The molecule has 0 N–H and O–H groups in total. The van der Waals surface area contributed by atoms with Crippen molar-refractivity contribution >= 4 is 15.7 Å². The number of hydrogen-bond donors (Lipinski definition) is 0. The molecular weight excluding hydrogens is 378 g/mol. The lowest BCUT2D eigenvalue weighted by atomic mass is 9.96. The molecule has 0 saturated heterocycles. The molecule has 8 heteroatoms. The van der Waals surface area contributed by atoms with Gasteiger partial charge in [-0.1, -0.05) is 44.1 Å². The summed E-state index contributed by atoms with van der Waals surface area (Å²) < 4.78 is 38.3. The zero-order valence-corrected chi connectivity index (χ0v) is 17.1. The Morgan fingerprint density at radius 1 is 1.04 bits per heavy atom. The van der Waals surface area contributed by atoms with E-state index in [1.54, 1.807) is 61.7 Å². The summed E-state index contributed by atoms with van der Waals surface area (Å²) in [6.45, 7) is 5.81. The van der Waals surface area contributed by atoms with E-state index < -0.39 is 10.0 Å². The van der Waals surface area contributed by atoms with E-state index in [4.69, 9.17) is 9.26 Å². The van der Waals surface area contributed by atoms with Gasteiger partial charge in [-0.25, -0.2) is 8.42 Å². The van der Waals surface area contributed by atoms with E-state index in [1.807, 2.05) is 20.8 Å². The van der Waals surface area contributed by atoms with E-state index >= 15 is 0 Å². The molecule has 0 bridgehead atoms. The zero-order chi connectivity index (χ0) is 20.4. The van der Waals surface area contributed by atoms with Crippen LogP contribution < -0.4 is 9.04 Å². The highest BCUT2D eigenvalue weighted by Gasteiger charge is 2.28. The Kier molecular flexibility index (Phi) is 5.42. The van der Waals surface area contributed by atoms with Crippen LogP contribution in [0.1, 0.15) is 32.5 Å². The van der Waals surface area contributed by atoms with Gasteiger partial charge in [-0.2, -0.15) is 4.98 Å². The fourth-order valence-electron chi connectivity index (χ4n) is 2.53. The number of nitrogens with zero attached hydrogens (tertiary/aromatic N) is 3. The Labute approximate surface area is 165 Å². The van der Waals surface area contributed by atoms with Gasteiger partial charge in [-0.05, 0) is 36.4 Å². The molecule has 148 valence electrons. The molecule has 0 radical (unpaired) electrons. The quantitative estimate of drug-likeness (QED) is 0.625. The molecule has 0 aliphatic carbocycles. The third-order valence-electron chi connectivity index (χ3n) is 4.11. The van der Waals surface area contributed by atoms with Crippen molar-refractivity contribution in [1.29, 1.82) is 0 Å². The van der Waals surface area contributed by atoms with E-state index in [-0.39, 0.29) is 22.7 Å². The topological polar surface area (TPSA) is 85.5 Å². The number of methoxy groups -OCH3 is 1. The maximum atomic E-state index is 13.3. The van der Waals surface area contributed by atoms with Crippen LogP contribution in [-0.2, 0) is 22.0 Å². The van der Waals surface area contributed by atoms with Crippen LogP contribution >= 0.6 is 0 Å². The second-order valence-electron chi connectivity index (χ2n) is 7.28. The fraction of sp³-hybridized carbons (Fsp3) is 0.300. The molecule has 1 aromatic heterocycles. The zero-order valence-electron chi connectivity index (χ0n) is 16.3. The van der Waals surface area contributed by atoms with Gasteiger partial charge in [0.1, 0.15) is 12.3 Å². The van der Waals surface area contributed by atoms with Crippen LogP contribution in [0.4, 0.5) is 5.69 Å². The van der Waals surface area contributed by atoms with Crippen molar-refractivity contribution in [3.8, 4) is 5.75 Å². The minimum atomic E-state index is -3.83. The summed E-state index contributed by atoms with van der Waals surface area (Å²) in [6.07, 6.45) is 0. The fourth-order valence-corrected chi connectivity index (χ4v) is 3.97. The second-order valence-corrected chi connectivity index (χ2v) is 9.15. The smallest absolute Gasteiger partial charge is 0.264 e. The molecule has 1 heterocycles. The van der Waals surface area contributed by atoms with Crippen molar-refractivity contribution in [2.24, 2.45) is 0 Å². The van der Waals surface area contributed by atoms with Gasteiger partial charge in [0.25, 0.3) is 10.0 Å². The number of ether oxygens (including phenoxy) is 1. The third-order valence-corrected chi connectivity index (χ3v) is 5.90. The van der Waals surface area contributed by atoms with Crippen molar-refractivity contribution < 1.29 is 17.7 Å². The predicted molar refractivity (Wildman–Crippen MR) is 106 cm³/mol. The highest BCUT2D eigenvalue weighted by atomic mass is 32.2. The summed E-state index contributed by atoms with van der Waals surface area (Å²) in [5.74, 6) is 1.38. The first-order valence-corrected chi connectivity index (χ1v) is 10.2. The van der Waals surface area contributed by atoms with Gasteiger partial charge in [-0.15, -0.1) is 0 Å². The highest BCUT2D eigenvalue weighted by molar-refractivity contribution is 7.92. The number of sulfonamides is 1.